The smallest absolute Gasteiger partial charge is 0.191 e. The van der Waals surface area contributed by atoms with Crippen LogP contribution in [0.5, 0.6) is 0 Å². The molecule has 3 atom stereocenters. The highest BCUT2D eigenvalue weighted by molar-refractivity contribution is 5.81. The molecule has 0 spiro atoms. The van der Waals surface area contributed by atoms with Gasteiger partial charge >= 0.3 is 0 Å². The second-order valence-corrected chi connectivity index (χ2v) is 5.59. The minimum Gasteiger partial charge on any atom is -0.356 e. The molecule has 3 nitrogen and oxygen atoms in total. The Balaban J connectivity index is 1.61. The Morgan fingerprint density at radius 2 is 2.25 bits per heavy atom. The van der Waals surface area contributed by atoms with Crippen LogP contribution in [0, 0.1) is 11.8 Å². The zero-order valence-corrected chi connectivity index (χ0v) is 10.6. The summed E-state index contributed by atoms with van der Waals surface area (Å²) in [5, 5.41) is 6.75. The Hall–Kier alpha value is -0.730. The molecule has 0 aromatic rings. The van der Waals surface area contributed by atoms with Crippen molar-refractivity contribution in [2.75, 3.05) is 13.1 Å². The summed E-state index contributed by atoms with van der Waals surface area (Å²) in [5.74, 6) is 2.90. The topological polar surface area (TPSA) is 36.4 Å². The van der Waals surface area contributed by atoms with Crippen LogP contribution < -0.4 is 10.6 Å². The van der Waals surface area contributed by atoms with Crippen molar-refractivity contribution in [2.45, 2.75) is 52.0 Å². The van der Waals surface area contributed by atoms with E-state index in [1.54, 1.807) is 0 Å². The van der Waals surface area contributed by atoms with E-state index in [1.165, 1.54) is 32.1 Å². The SMILES string of the molecule is CC1CCCC(CCNC2=NCC(C)N2)C1. The van der Waals surface area contributed by atoms with Gasteiger partial charge in [-0.1, -0.05) is 26.2 Å². The van der Waals surface area contributed by atoms with Gasteiger partial charge in [-0.2, -0.15) is 0 Å². The molecule has 16 heavy (non-hydrogen) atoms. The fraction of sp³-hybridized carbons (Fsp3) is 0.923. The summed E-state index contributed by atoms with van der Waals surface area (Å²) in [4.78, 5) is 4.41. The lowest BCUT2D eigenvalue weighted by atomic mass is 9.81. The second-order valence-electron chi connectivity index (χ2n) is 5.59. The molecule has 1 heterocycles. The maximum Gasteiger partial charge on any atom is 0.191 e. The van der Waals surface area contributed by atoms with Crippen LogP contribution in [0.25, 0.3) is 0 Å². The molecule has 0 bridgehead atoms. The molecule has 0 aromatic carbocycles. The van der Waals surface area contributed by atoms with Gasteiger partial charge < -0.3 is 10.6 Å². The van der Waals surface area contributed by atoms with E-state index in [0.717, 1.165) is 30.9 Å². The number of rotatable bonds is 3. The van der Waals surface area contributed by atoms with Gasteiger partial charge in [0, 0.05) is 12.6 Å². The van der Waals surface area contributed by atoms with E-state index in [1.807, 2.05) is 0 Å². The molecule has 1 aliphatic carbocycles. The standard InChI is InChI=1S/C13H25N3/c1-10-4-3-5-12(8-10)6-7-14-13-15-9-11(2)16-13/h10-12H,3-9H2,1-2H3,(H2,14,15,16). The first-order valence-corrected chi connectivity index (χ1v) is 6.79. The summed E-state index contributed by atoms with van der Waals surface area (Å²) >= 11 is 0. The predicted octanol–water partition coefficient (Wildman–Crippen LogP) is 2.14. The number of nitrogens with zero attached hydrogens (tertiary/aromatic N) is 1. The third kappa shape index (κ3) is 3.39. The first-order chi connectivity index (χ1) is 7.74. The molecular weight excluding hydrogens is 198 g/mol. The number of guanidine groups is 1. The quantitative estimate of drug-likeness (QED) is 0.769. The van der Waals surface area contributed by atoms with E-state index in [-0.39, 0.29) is 0 Å². The molecule has 1 fully saturated rings. The van der Waals surface area contributed by atoms with Crippen molar-refractivity contribution in [3.63, 3.8) is 0 Å². The van der Waals surface area contributed by atoms with Crippen molar-refractivity contribution in [3.8, 4) is 0 Å². The molecule has 2 N–H and O–H groups in total. The molecule has 2 aliphatic rings. The normalized spacial score (nSPS) is 34.4. The number of hydrogen-bond acceptors (Lipinski definition) is 3. The van der Waals surface area contributed by atoms with Gasteiger partial charge in [0.1, 0.15) is 0 Å². The lowest BCUT2D eigenvalue weighted by Crippen LogP contribution is -2.38. The van der Waals surface area contributed by atoms with E-state index in [0.29, 0.717) is 6.04 Å². The van der Waals surface area contributed by atoms with Crippen LogP contribution in [0.3, 0.4) is 0 Å². The fourth-order valence-electron chi connectivity index (χ4n) is 2.88. The maximum absolute atomic E-state index is 4.41. The van der Waals surface area contributed by atoms with E-state index >= 15 is 0 Å². The molecule has 3 unspecified atom stereocenters. The zero-order chi connectivity index (χ0) is 11.4. The monoisotopic (exact) mass is 223 g/mol. The molecule has 0 saturated heterocycles. The molecule has 92 valence electrons. The minimum atomic E-state index is 0.511. The number of nitrogens with one attached hydrogen (secondary N) is 2. The lowest BCUT2D eigenvalue weighted by Gasteiger charge is -2.26. The van der Waals surface area contributed by atoms with E-state index in [2.05, 4.69) is 29.5 Å². The van der Waals surface area contributed by atoms with Crippen LogP contribution in [0.2, 0.25) is 0 Å². The molecular formula is C13H25N3. The van der Waals surface area contributed by atoms with E-state index in [4.69, 9.17) is 0 Å². The van der Waals surface area contributed by atoms with Crippen LogP contribution in [-0.2, 0) is 0 Å². The first kappa shape index (κ1) is 11.7. The molecule has 0 aromatic heterocycles. The summed E-state index contributed by atoms with van der Waals surface area (Å²) in [6.45, 7) is 6.56. The molecule has 0 amide bonds. The Morgan fingerprint density at radius 1 is 1.38 bits per heavy atom. The van der Waals surface area contributed by atoms with Gasteiger partial charge in [-0.3, -0.25) is 4.99 Å². The van der Waals surface area contributed by atoms with Crippen molar-refractivity contribution < 1.29 is 0 Å². The average Bonchev–Trinajstić information content (AvgIpc) is 2.64. The number of aliphatic imine (C=N–C) groups is 1. The van der Waals surface area contributed by atoms with Crippen LogP contribution in [0.1, 0.15) is 46.0 Å². The Morgan fingerprint density at radius 3 is 2.94 bits per heavy atom. The summed E-state index contributed by atoms with van der Waals surface area (Å²) in [7, 11) is 0. The van der Waals surface area contributed by atoms with Gasteiger partial charge in [0.15, 0.2) is 5.96 Å². The summed E-state index contributed by atoms with van der Waals surface area (Å²) in [6, 6.07) is 0.511. The maximum atomic E-state index is 4.41. The third-order valence-electron chi connectivity index (χ3n) is 3.80. The second kappa shape index (κ2) is 5.55. The van der Waals surface area contributed by atoms with Gasteiger partial charge in [0.2, 0.25) is 0 Å². The molecule has 0 radical (unpaired) electrons. The van der Waals surface area contributed by atoms with Gasteiger partial charge in [-0.25, -0.2) is 0 Å². The highest BCUT2D eigenvalue weighted by Crippen LogP contribution is 2.30. The summed E-state index contributed by atoms with van der Waals surface area (Å²) in [5.41, 5.74) is 0. The van der Waals surface area contributed by atoms with Gasteiger partial charge in [-0.15, -0.1) is 0 Å². The third-order valence-corrected chi connectivity index (χ3v) is 3.80. The van der Waals surface area contributed by atoms with Crippen molar-refractivity contribution in [2.24, 2.45) is 16.8 Å². The molecule has 2 rings (SSSR count). The van der Waals surface area contributed by atoms with Crippen molar-refractivity contribution in [3.05, 3.63) is 0 Å². The van der Waals surface area contributed by atoms with E-state index < -0.39 is 0 Å². The summed E-state index contributed by atoms with van der Waals surface area (Å²) < 4.78 is 0. The Kier molecular flexibility index (Phi) is 4.08. The van der Waals surface area contributed by atoms with E-state index in [9.17, 15) is 0 Å². The minimum absolute atomic E-state index is 0.511. The van der Waals surface area contributed by atoms with Crippen molar-refractivity contribution in [1.29, 1.82) is 0 Å². The average molecular weight is 223 g/mol. The molecule has 3 heteroatoms. The van der Waals surface area contributed by atoms with Crippen LogP contribution in [0.4, 0.5) is 0 Å². The predicted molar refractivity (Wildman–Crippen MR) is 68.6 cm³/mol. The van der Waals surface area contributed by atoms with Crippen LogP contribution >= 0.6 is 0 Å². The number of hydrogen-bond donors (Lipinski definition) is 2. The van der Waals surface area contributed by atoms with Crippen molar-refractivity contribution >= 4 is 5.96 Å². The Labute approximate surface area is 99.1 Å². The van der Waals surface area contributed by atoms with Crippen molar-refractivity contribution in [1.82, 2.24) is 10.6 Å². The van der Waals surface area contributed by atoms with Crippen LogP contribution in [-0.4, -0.2) is 25.1 Å². The Bertz CT molecular complexity index is 250. The largest absolute Gasteiger partial charge is 0.356 e. The van der Waals surface area contributed by atoms with Gasteiger partial charge in [0.05, 0.1) is 6.54 Å². The first-order valence-electron chi connectivity index (χ1n) is 6.79. The highest BCUT2D eigenvalue weighted by Gasteiger charge is 2.19. The molecule has 1 saturated carbocycles. The highest BCUT2D eigenvalue weighted by atomic mass is 15.2. The van der Waals surface area contributed by atoms with Gasteiger partial charge in [-0.05, 0) is 31.6 Å². The molecule has 1 aliphatic heterocycles. The fourth-order valence-corrected chi connectivity index (χ4v) is 2.88. The zero-order valence-electron chi connectivity index (χ0n) is 10.6. The summed E-state index contributed by atoms with van der Waals surface area (Å²) in [6.07, 6.45) is 7.04. The van der Waals surface area contributed by atoms with Crippen LogP contribution in [0.15, 0.2) is 4.99 Å². The van der Waals surface area contributed by atoms with Gasteiger partial charge in [0.25, 0.3) is 0 Å². The lowest BCUT2D eigenvalue weighted by molar-refractivity contribution is 0.270.